The van der Waals surface area contributed by atoms with Crippen LogP contribution in [0.1, 0.15) is 72.1 Å². The van der Waals surface area contributed by atoms with Gasteiger partial charge in [0, 0.05) is 11.5 Å². The molecular weight excluding hydrogens is 532 g/mol. The highest BCUT2D eigenvalue weighted by Crippen LogP contribution is 2.70. The van der Waals surface area contributed by atoms with E-state index < -0.39 is 23.4 Å². The van der Waals surface area contributed by atoms with E-state index in [2.05, 4.69) is 13.8 Å². The molecule has 0 spiro atoms. The number of aliphatic hydroxyl groups is 2. The maximum atomic E-state index is 12.9. The summed E-state index contributed by atoms with van der Waals surface area (Å²) in [6.45, 7) is 6.89. The van der Waals surface area contributed by atoms with E-state index in [1.165, 1.54) is 0 Å². The highest BCUT2D eigenvalue weighted by molar-refractivity contribution is 5.85. The van der Waals surface area contributed by atoms with Crippen LogP contribution in [0.4, 0.5) is 0 Å². The number of rotatable bonds is 5. The summed E-state index contributed by atoms with van der Waals surface area (Å²) in [5.41, 5.74) is -0.323. The van der Waals surface area contributed by atoms with Crippen LogP contribution in [0.3, 0.4) is 0 Å². The predicted molar refractivity (Wildman–Crippen MR) is 156 cm³/mol. The number of esters is 1. The maximum Gasteiger partial charge on any atom is 0.331 e. The summed E-state index contributed by atoms with van der Waals surface area (Å²) >= 11 is 0. The molecule has 4 saturated carbocycles. The minimum atomic E-state index is -0.883. The van der Waals surface area contributed by atoms with Gasteiger partial charge in [-0.3, -0.25) is 0 Å². The summed E-state index contributed by atoms with van der Waals surface area (Å²) in [6, 6.07) is 10.0. The second-order valence-electron chi connectivity index (χ2n) is 14.4. The normalized spacial score (nSPS) is 48.1. The molecule has 0 unspecified atom stereocenters. The Morgan fingerprint density at radius 2 is 1.79 bits per heavy atom. The van der Waals surface area contributed by atoms with Gasteiger partial charge in [0.2, 0.25) is 0 Å². The average molecular weight is 579 g/mol. The van der Waals surface area contributed by atoms with Crippen molar-refractivity contribution in [1.29, 1.82) is 0 Å². The van der Waals surface area contributed by atoms with Crippen LogP contribution in [0.2, 0.25) is 0 Å². The number of ether oxygens (including phenoxy) is 4. The van der Waals surface area contributed by atoms with E-state index >= 15 is 0 Å². The molecule has 2 N–H and O–H groups in total. The molecule has 0 aromatic heterocycles. The molecule has 42 heavy (non-hydrogen) atoms. The van der Waals surface area contributed by atoms with E-state index in [4.69, 9.17) is 18.9 Å². The number of benzene rings is 1. The third-order valence-electron chi connectivity index (χ3n) is 12.6. The molecule has 4 fully saturated rings. The molecular formula is C35H46O7. The Bertz CT molecular complexity index is 1240. The number of aliphatic hydroxyl groups excluding tert-OH is 1. The third-order valence-corrected chi connectivity index (χ3v) is 12.6. The Kier molecular flexibility index (Phi) is 7.12. The van der Waals surface area contributed by atoms with Crippen LogP contribution in [0.25, 0.3) is 0 Å². The molecule has 1 aromatic carbocycles. The smallest absolute Gasteiger partial charge is 0.331 e. The lowest BCUT2D eigenvalue weighted by atomic mass is 9.42. The summed E-state index contributed by atoms with van der Waals surface area (Å²) in [5.74, 6) is 1.62. The Hall–Kier alpha value is -2.19. The van der Waals surface area contributed by atoms with Gasteiger partial charge in [0.1, 0.15) is 18.5 Å². The molecule has 0 radical (unpaired) electrons. The SMILES string of the molecule is C[C@@H]1O[C@@H](O[C@H]2CC[C@@]3(C)[C@H](CC[C@@H]4[C@@H]3C[C@@H](Oc3ccccc3)[C@]3(C)[C@@H](C5=CC(=O)OC5)CC[C@]43O)C2)C=C[C@H]1O. The van der Waals surface area contributed by atoms with Crippen molar-refractivity contribution in [2.45, 2.75) is 108 Å². The Labute approximate surface area is 249 Å². The molecule has 1 aromatic rings. The van der Waals surface area contributed by atoms with E-state index in [1.807, 2.05) is 43.3 Å². The Balaban J connectivity index is 1.17. The van der Waals surface area contributed by atoms with Crippen molar-refractivity contribution in [2.75, 3.05) is 6.61 Å². The van der Waals surface area contributed by atoms with Gasteiger partial charge in [0.15, 0.2) is 6.29 Å². The standard InChI is InChI=1S/C35H46O7/c1-21-29(36)11-12-32(40-21)42-25-13-15-33(2)23(18-25)9-10-27-28(33)19-30(41-24-7-5-4-6-8-24)34(3)26(14-16-35(27,34)38)22-17-31(37)39-20-22/h4-8,11-12,17,21,23,25-30,32,36,38H,9-10,13-16,18-20H2,1-3H3/t21-,23+,25-,26+,27+,28-,29+,30+,32-,33-,34-,35-/m0/s1. The van der Waals surface area contributed by atoms with Gasteiger partial charge in [-0.2, -0.15) is 0 Å². The summed E-state index contributed by atoms with van der Waals surface area (Å²) in [5, 5.41) is 22.9. The molecule has 2 heterocycles. The fourth-order valence-corrected chi connectivity index (χ4v) is 10.2. The van der Waals surface area contributed by atoms with E-state index in [0.717, 1.165) is 62.7 Å². The lowest BCUT2D eigenvalue weighted by Crippen LogP contribution is -2.68. The van der Waals surface area contributed by atoms with Crippen molar-refractivity contribution < 1.29 is 34.0 Å². The first-order valence-corrected chi connectivity index (χ1v) is 16.1. The number of hydrogen-bond donors (Lipinski definition) is 2. The monoisotopic (exact) mass is 578 g/mol. The highest BCUT2D eigenvalue weighted by atomic mass is 16.7. The van der Waals surface area contributed by atoms with Gasteiger partial charge >= 0.3 is 5.97 Å². The number of hydrogen-bond acceptors (Lipinski definition) is 7. The van der Waals surface area contributed by atoms with Crippen LogP contribution in [-0.4, -0.2) is 59.1 Å². The quantitative estimate of drug-likeness (QED) is 0.359. The molecule has 0 bridgehead atoms. The minimum Gasteiger partial charge on any atom is -0.490 e. The van der Waals surface area contributed by atoms with Gasteiger partial charge in [-0.25, -0.2) is 4.79 Å². The van der Waals surface area contributed by atoms with Crippen LogP contribution >= 0.6 is 0 Å². The molecule has 7 rings (SSSR count). The Morgan fingerprint density at radius 3 is 2.52 bits per heavy atom. The van der Waals surface area contributed by atoms with Gasteiger partial charge in [-0.15, -0.1) is 0 Å². The van der Waals surface area contributed by atoms with E-state index in [1.54, 1.807) is 12.2 Å². The van der Waals surface area contributed by atoms with Crippen molar-refractivity contribution in [3.05, 3.63) is 54.1 Å². The van der Waals surface area contributed by atoms with Gasteiger partial charge in [0.05, 0.1) is 23.9 Å². The van der Waals surface area contributed by atoms with Crippen molar-refractivity contribution in [1.82, 2.24) is 0 Å². The number of carbonyl (C=O) groups is 1. The summed E-state index contributed by atoms with van der Waals surface area (Å²) in [7, 11) is 0. The molecule has 12 atom stereocenters. The second kappa shape index (κ2) is 10.5. The topological polar surface area (TPSA) is 94.5 Å². The van der Waals surface area contributed by atoms with Crippen LogP contribution in [0, 0.1) is 34.5 Å². The Morgan fingerprint density at radius 1 is 0.976 bits per heavy atom. The molecule has 0 saturated heterocycles. The first-order valence-electron chi connectivity index (χ1n) is 16.1. The summed E-state index contributed by atoms with van der Waals surface area (Å²) < 4.78 is 24.6. The van der Waals surface area contributed by atoms with Crippen molar-refractivity contribution in [2.24, 2.45) is 34.5 Å². The number of carbonyl (C=O) groups excluding carboxylic acids is 1. The van der Waals surface area contributed by atoms with Gasteiger partial charge < -0.3 is 29.2 Å². The fraction of sp³-hybridized carbons (Fsp3) is 0.686. The van der Waals surface area contributed by atoms with Gasteiger partial charge in [-0.05, 0) is 111 Å². The molecule has 2 aliphatic heterocycles. The zero-order valence-corrected chi connectivity index (χ0v) is 25.1. The average Bonchev–Trinajstić information content (AvgIpc) is 3.52. The maximum absolute atomic E-state index is 12.9. The van der Waals surface area contributed by atoms with Crippen molar-refractivity contribution in [3.8, 4) is 5.75 Å². The zero-order chi connectivity index (χ0) is 29.3. The minimum absolute atomic E-state index is 0.0442. The van der Waals surface area contributed by atoms with Crippen LogP contribution in [0.5, 0.6) is 5.75 Å². The lowest BCUT2D eigenvalue weighted by molar-refractivity contribution is -0.247. The van der Waals surface area contributed by atoms with Crippen LogP contribution < -0.4 is 4.74 Å². The molecule has 0 amide bonds. The van der Waals surface area contributed by atoms with E-state index in [9.17, 15) is 15.0 Å². The van der Waals surface area contributed by atoms with E-state index in [0.29, 0.717) is 18.4 Å². The summed E-state index contributed by atoms with van der Waals surface area (Å²) in [4.78, 5) is 12.1. The van der Waals surface area contributed by atoms with Crippen LogP contribution in [0.15, 0.2) is 54.1 Å². The zero-order valence-electron chi connectivity index (χ0n) is 25.1. The molecule has 7 heteroatoms. The van der Waals surface area contributed by atoms with Gasteiger partial charge in [-0.1, -0.05) is 38.1 Å². The first kappa shape index (κ1) is 28.6. The van der Waals surface area contributed by atoms with Gasteiger partial charge in [0.25, 0.3) is 0 Å². The molecule has 7 nitrogen and oxygen atoms in total. The third kappa shape index (κ3) is 4.41. The molecule has 228 valence electrons. The lowest BCUT2D eigenvalue weighted by Gasteiger charge is -2.65. The summed E-state index contributed by atoms with van der Waals surface area (Å²) in [6.07, 6.45) is 11.4. The number of fused-ring (bicyclic) bond motifs is 5. The first-order chi connectivity index (χ1) is 20.1. The second-order valence-corrected chi connectivity index (χ2v) is 14.4. The predicted octanol–water partition coefficient (Wildman–Crippen LogP) is 5.35. The molecule has 6 aliphatic rings. The van der Waals surface area contributed by atoms with Crippen molar-refractivity contribution in [3.63, 3.8) is 0 Å². The number of para-hydroxylation sites is 1. The van der Waals surface area contributed by atoms with E-state index in [-0.39, 0.29) is 41.5 Å². The van der Waals surface area contributed by atoms with Crippen molar-refractivity contribution >= 4 is 5.97 Å². The highest BCUT2D eigenvalue weighted by Gasteiger charge is 2.71. The van der Waals surface area contributed by atoms with Crippen LogP contribution in [-0.2, 0) is 19.0 Å². The fourth-order valence-electron chi connectivity index (χ4n) is 10.2. The number of cyclic esters (lactones) is 1. The largest absolute Gasteiger partial charge is 0.490 e. The molecule has 4 aliphatic carbocycles.